The highest BCUT2D eigenvalue weighted by atomic mass is 32.3. The van der Waals surface area contributed by atoms with Crippen molar-refractivity contribution in [3.8, 4) is 0 Å². The second-order valence-corrected chi connectivity index (χ2v) is 23.7. The number of likely N-dealkylation sites (N-methyl/N-ethyl adjacent to an activating group) is 4. The first-order valence-electron chi connectivity index (χ1n) is 21.9. The van der Waals surface area contributed by atoms with Crippen molar-refractivity contribution in [2.45, 2.75) is 131 Å². The molecule has 1 aliphatic heterocycles. The fraction of sp³-hybridized carbons (Fsp3) is 0.717. The Hall–Kier alpha value is -4.34. The molecule has 6 amide bonds. The Kier molecular flexibility index (Phi) is 20.3. The average Bonchev–Trinajstić information content (AvgIpc) is 3.15. The van der Waals surface area contributed by atoms with E-state index in [4.69, 9.17) is 9.47 Å². The van der Waals surface area contributed by atoms with Crippen LogP contribution in [0, 0.1) is 18.8 Å². The first kappa shape index (κ1) is 53.8. The van der Waals surface area contributed by atoms with E-state index in [1.54, 1.807) is 34.6 Å². The smallest absolute Gasteiger partial charge is 0.410 e. The van der Waals surface area contributed by atoms with Crippen LogP contribution in [0.2, 0.25) is 0 Å². The zero-order valence-corrected chi connectivity index (χ0v) is 41.3. The van der Waals surface area contributed by atoms with Crippen LogP contribution >= 0.6 is 10.0 Å². The Morgan fingerprint density at radius 2 is 1.48 bits per heavy atom. The Morgan fingerprint density at radius 1 is 0.887 bits per heavy atom. The Bertz CT molecular complexity index is 1710. The summed E-state index contributed by atoms with van der Waals surface area (Å²) in [6, 6.07) is 2.89. The summed E-state index contributed by atoms with van der Waals surface area (Å²) >= 11 is 0. The third-order valence-corrected chi connectivity index (χ3v) is 12.7. The minimum Gasteiger partial charge on any atom is -0.459 e. The molecule has 16 heteroatoms. The predicted octanol–water partition coefficient (Wildman–Crippen LogP) is 4.71. The second-order valence-electron chi connectivity index (χ2n) is 19.1. The number of rotatable bonds is 21. The molecule has 0 saturated carbocycles. The van der Waals surface area contributed by atoms with Crippen molar-refractivity contribution in [3.63, 3.8) is 0 Å². The van der Waals surface area contributed by atoms with E-state index in [9.17, 15) is 33.6 Å². The summed E-state index contributed by atoms with van der Waals surface area (Å²) < 4.78 is 11.0. The molecule has 0 aromatic heterocycles. The molecule has 1 aromatic rings. The van der Waals surface area contributed by atoms with Crippen LogP contribution in [0.1, 0.15) is 92.7 Å². The van der Waals surface area contributed by atoms with Crippen LogP contribution in [0.4, 0.5) is 4.79 Å². The fourth-order valence-corrected chi connectivity index (χ4v) is 7.63. The number of likely N-dealkylation sites (tertiary alicyclic amines) is 1. The van der Waals surface area contributed by atoms with E-state index in [2.05, 4.69) is 24.1 Å². The van der Waals surface area contributed by atoms with Gasteiger partial charge in [0.05, 0.1) is 0 Å². The lowest BCUT2D eigenvalue weighted by Gasteiger charge is -2.45. The van der Waals surface area contributed by atoms with Crippen molar-refractivity contribution >= 4 is 51.6 Å². The number of nitrogens with zero attached hydrogens (tertiary/aromatic N) is 5. The van der Waals surface area contributed by atoms with E-state index >= 15 is 0 Å². The van der Waals surface area contributed by atoms with Gasteiger partial charge < -0.3 is 34.4 Å². The van der Waals surface area contributed by atoms with Gasteiger partial charge in [0, 0.05) is 46.4 Å². The highest BCUT2D eigenvalue weighted by Gasteiger charge is 2.45. The number of aryl methyl sites for hydroxylation is 1. The lowest BCUT2D eigenvalue weighted by Crippen LogP contribution is -2.65. The molecule has 1 heterocycles. The van der Waals surface area contributed by atoms with Crippen molar-refractivity contribution in [3.05, 3.63) is 35.4 Å². The van der Waals surface area contributed by atoms with Crippen molar-refractivity contribution < 1.29 is 43.0 Å². The van der Waals surface area contributed by atoms with E-state index in [0.29, 0.717) is 19.3 Å². The van der Waals surface area contributed by atoms with Crippen molar-refractivity contribution in [1.29, 1.82) is 0 Å². The number of ether oxygens (including phenoxy) is 2. The molecule has 0 radical (unpaired) electrons. The van der Waals surface area contributed by atoms with Crippen LogP contribution in [-0.4, -0.2) is 174 Å². The standard InChI is InChI=1S/C46H78N6O9S/c1-17-32(6)39(47-40(54)36(27-30(3)4)50(13)45(59)60-25-26-62(14,15)16)44(58)49(12)33(7)41(55)52-24-23-35(52)43(57)51(18-2)37(28-34-21-19-31(5)20-22-34)42(56)48(11)29-38(53)61-46(8,9)10/h19-22,30,32-33,35-37,39H,17-18,23-29H2,1-16H3,(H,47,54)/t32-,33-,35-,36-,37-,39-/m0/s1. The Balaban J connectivity index is 2.32. The van der Waals surface area contributed by atoms with Gasteiger partial charge in [-0.25, -0.2) is 14.8 Å². The summed E-state index contributed by atoms with van der Waals surface area (Å²) in [5.74, 6) is -2.40. The van der Waals surface area contributed by atoms with Crippen LogP contribution in [0.3, 0.4) is 0 Å². The molecule has 0 aliphatic carbocycles. The molecular weight excluding hydrogens is 813 g/mol. The number of carbonyl (C=O) groups excluding carboxylic acids is 7. The minimum absolute atomic E-state index is 0.0445. The van der Waals surface area contributed by atoms with Gasteiger partial charge >= 0.3 is 12.1 Å². The van der Waals surface area contributed by atoms with Gasteiger partial charge in [0.25, 0.3) is 0 Å². The third-order valence-electron chi connectivity index (χ3n) is 11.3. The number of hydrogen-bond acceptors (Lipinski definition) is 9. The molecular formula is C46H78N6O9S. The summed E-state index contributed by atoms with van der Waals surface area (Å²) in [4.78, 5) is 104. The summed E-state index contributed by atoms with van der Waals surface area (Å²) in [7, 11) is 3.64. The number of esters is 1. The second kappa shape index (κ2) is 23.4. The van der Waals surface area contributed by atoms with E-state index in [1.807, 2.05) is 58.9 Å². The zero-order chi connectivity index (χ0) is 47.4. The summed E-state index contributed by atoms with van der Waals surface area (Å²) in [5, 5.41) is 2.92. The van der Waals surface area contributed by atoms with Gasteiger partial charge in [-0.1, -0.05) is 63.9 Å². The molecule has 352 valence electrons. The molecule has 15 nitrogen and oxygen atoms in total. The number of hydrogen-bond donors (Lipinski definition) is 1. The lowest BCUT2D eigenvalue weighted by molar-refractivity contribution is -0.162. The first-order valence-corrected chi connectivity index (χ1v) is 24.9. The highest BCUT2D eigenvalue weighted by Crippen LogP contribution is 2.33. The lowest BCUT2D eigenvalue weighted by atomic mass is 9.95. The Labute approximate surface area is 373 Å². The molecule has 0 bridgehead atoms. The molecule has 0 unspecified atom stereocenters. The van der Waals surface area contributed by atoms with Crippen LogP contribution in [-0.2, 0) is 44.7 Å². The van der Waals surface area contributed by atoms with Crippen LogP contribution in [0.25, 0.3) is 0 Å². The van der Waals surface area contributed by atoms with Gasteiger partial charge in [0.2, 0.25) is 29.5 Å². The molecule has 2 rings (SSSR count). The maximum Gasteiger partial charge on any atom is 0.410 e. The van der Waals surface area contributed by atoms with Gasteiger partial charge in [0.1, 0.15) is 49.0 Å². The molecule has 6 atom stereocenters. The fourth-order valence-electron chi connectivity index (χ4n) is 7.05. The number of carbonyl (C=O) groups is 7. The van der Waals surface area contributed by atoms with Crippen molar-refractivity contribution in [2.24, 2.45) is 11.8 Å². The average molecular weight is 891 g/mol. The zero-order valence-electron chi connectivity index (χ0n) is 40.5. The summed E-state index contributed by atoms with van der Waals surface area (Å²) in [5.41, 5.74) is 1.11. The van der Waals surface area contributed by atoms with Gasteiger partial charge in [-0.3, -0.25) is 33.7 Å². The number of benzene rings is 1. The quantitative estimate of drug-likeness (QED) is 0.172. The van der Waals surface area contributed by atoms with Crippen molar-refractivity contribution in [2.75, 3.05) is 71.9 Å². The maximum absolute atomic E-state index is 14.4. The molecule has 1 aromatic carbocycles. The molecule has 62 heavy (non-hydrogen) atoms. The number of nitrogens with one attached hydrogen (secondary N) is 1. The molecule has 1 aliphatic rings. The van der Waals surface area contributed by atoms with E-state index < -0.39 is 87.4 Å². The van der Waals surface area contributed by atoms with Gasteiger partial charge in [0.15, 0.2) is 0 Å². The third kappa shape index (κ3) is 15.8. The molecule has 0 spiro atoms. The van der Waals surface area contributed by atoms with Crippen molar-refractivity contribution in [1.82, 2.24) is 29.8 Å². The van der Waals surface area contributed by atoms with Gasteiger partial charge in [-0.05, 0) is 90.6 Å². The minimum atomic E-state index is -1.01. The molecule has 1 fully saturated rings. The summed E-state index contributed by atoms with van der Waals surface area (Å²) in [6.45, 7) is 18.5. The largest absolute Gasteiger partial charge is 0.459 e. The van der Waals surface area contributed by atoms with Gasteiger partial charge in [-0.2, -0.15) is 0 Å². The SMILES string of the molecule is CC[C@H](C)[C@H](NC(=O)[C@H](CC(C)C)N(C)C(=O)OCCS(C)(C)C)C(=O)N(C)[C@@H](C)C(=O)N1CC[C@H]1C(=O)N(CC)[C@@H](Cc1ccc(C)cc1)C(=O)N(C)CC(=O)OC(C)(C)C. The van der Waals surface area contributed by atoms with E-state index in [-0.39, 0.29) is 44.5 Å². The van der Waals surface area contributed by atoms with Crippen LogP contribution in [0.5, 0.6) is 0 Å². The summed E-state index contributed by atoms with van der Waals surface area (Å²) in [6.07, 6.45) is 7.20. The normalized spacial score (nSPS) is 16.7. The Morgan fingerprint density at radius 3 is 1.97 bits per heavy atom. The van der Waals surface area contributed by atoms with E-state index in [0.717, 1.165) is 16.9 Å². The number of amides is 6. The molecule has 1 N–H and O–H groups in total. The molecule has 1 saturated heterocycles. The van der Waals surface area contributed by atoms with Crippen LogP contribution in [0.15, 0.2) is 24.3 Å². The van der Waals surface area contributed by atoms with Gasteiger partial charge in [-0.15, -0.1) is 0 Å². The topological polar surface area (TPSA) is 166 Å². The van der Waals surface area contributed by atoms with Crippen LogP contribution < -0.4 is 5.32 Å². The predicted molar refractivity (Wildman–Crippen MR) is 246 cm³/mol. The van der Waals surface area contributed by atoms with E-state index in [1.165, 1.54) is 45.6 Å². The first-order chi connectivity index (χ1) is 28.6. The monoisotopic (exact) mass is 891 g/mol. The highest BCUT2D eigenvalue weighted by molar-refractivity contribution is 8.32. The maximum atomic E-state index is 14.4.